The van der Waals surface area contributed by atoms with E-state index in [2.05, 4.69) is 5.10 Å². The zero-order chi connectivity index (χ0) is 11.5. The third-order valence-electron chi connectivity index (χ3n) is 1.62. The molecule has 1 N–H and O–H groups in total. The molecule has 15 heavy (non-hydrogen) atoms. The average Bonchev–Trinajstić information content (AvgIpc) is 2.13. The lowest BCUT2D eigenvalue weighted by Crippen LogP contribution is -2.05. The Labute approximate surface area is 88.8 Å². The minimum absolute atomic E-state index is 0.143. The van der Waals surface area contributed by atoms with Gasteiger partial charge < -0.3 is 5.01 Å². The van der Waals surface area contributed by atoms with E-state index in [0.29, 0.717) is 5.56 Å². The van der Waals surface area contributed by atoms with Crippen LogP contribution in [-0.2, 0) is 10.1 Å². The summed E-state index contributed by atoms with van der Waals surface area (Å²) in [7, 11) is -0.761. The zero-order valence-electron chi connectivity index (χ0n) is 8.45. The summed E-state index contributed by atoms with van der Waals surface area (Å²) in [5, 5.41) is 5.43. The first-order valence-electron chi connectivity index (χ1n) is 4.19. The molecule has 0 saturated heterocycles. The second-order valence-electron chi connectivity index (χ2n) is 3.10. The van der Waals surface area contributed by atoms with Gasteiger partial charge in [0, 0.05) is 19.7 Å². The smallest absolute Gasteiger partial charge is 0.295 e. The van der Waals surface area contributed by atoms with Gasteiger partial charge in [0.05, 0.1) is 6.21 Å². The van der Waals surface area contributed by atoms with Crippen LogP contribution in [0.25, 0.3) is 0 Å². The summed E-state index contributed by atoms with van der Waals surface area (Å²) in [6.45, 7) is 0. The van der Waals surface area contributed by atoms with Gasteiger partial charge in [0.25, 0.3) is 10.1 Å². The molecular weight excluding hydrogens is 216 g/mol. The fourth-order valence-electron chi connectivity index (χ4n) is 1.000. The van der Waals surface area contributed by atoms with Crippen LogP contribution in [0.4, 0.5) is 0 Å². The molecule has 0 saturated carbocycles. The van der Waals surface area contributed by atoms with Crippen molar-refractivity contribution >= 4 is 16.3 Å². The molecule has 1 rings (SSSR count). The molecule has 0 aliphatic heterocycles. The number of benzene rings is 1. The fraction of sp³-hybridized carbons (Fsp3) is 0.222. The molecule has 0 aliphatic carbocycles. The molecule has 0 amide bonds. The Morgan fingerprint density at radius 3 is 2.47 bits per heavy atom. The van der Waals surface area contributed by atoms with Gasteiger partial charge in [0.1, 0.15) is 4.90 Å². The standard InChI is InChI=1S/C9H12N2O3S/c1-11(2)10-7-8-5-3-4-6-9(8)15(12,13)14/h3-7H,1-2H3,(H,12,13,14)/b10-7+. The van der Waals surface area contributed by atoms with Crippen molar-refractivity contribution in [2.45, 2.75) is 4.90 Å². The Kier molecular flexibility index (Phi) is 3.43. The van der Waals surface area contributed by atoms with Crippen molar-refractivity contribution in [1.82, 2.24) is 5.01 Å². The molecule has 0 fully saturated rings. The van der Waals surface area contributed by atoms with Gasteiger partial charge in [0.15, 0.2) is 0 Å². The quantitative estimate of drug-likeness (QED) is 0.472. The maximum absolute atomic E-state index is 11.0. The predicted molar refractivity (Wildman–Crippen MR) is 57.5 cm³/mol. The lowest BCUT2D eigenvalue weighted by molar-refractivity contribution is 0.440. The first-order valence-corrected chi connectivity index (χ1v) is 5.63. The summed E-state index contributed by atoms with van der Waals surface area (Å²) in [5.74, 6) is 0. The van der Waals surface area contributed by atoms with Crippen LogP contribution in [0.15, 0.2) is 34.3 Å². The molecule has 1 aromatic carbocycles. The van der Waals surface area contributed by atoms with E-state index < -0.39 is 10.1 Å². The van der Waals surface area contributed by atoms with Gasteiger partial charge in [-0.2, -0.15) is 13.5 Å². The molecule has 0 bridgehead atoms. The molecule has 5 nitrogen and oxygen atoms in total. The molecule has 0 radical (unpaired) electrons. The van der Waals surface area contributed by atoms with E-state index in [1.165, 1.54) is 23.4 Å². The highest BCUT2D eigenvalue weighted by Gasteiger charge is 2.12. The number of rotatable bonds is 3. The summed E-state index contributed by atoms with van der Waals surface area (Å²) in [6, 6.07) is 6.10. The molecule has 1 aromatic rings. The van der Waals surface area contributed by atoms with E-state index in [9.17, 15) is 8.42 Å². The first-order chi connectivity index (χ1) is 6.91. The number of nitrogens with zero attached hydrogens (tertiary/aromatic N) is 2. The van der Waals surface area contributed by atoms with Gasteiger partial charge in [-0.1, -0.05) is 18.2 Å². The van der Waals surface area contributed by atoms with E-state index in [-0.39, 0.29) is 4.90 Å². The van der Waals surface area contributed by atoms with Crippen LogP contribution in [0.2, 0.25) is 0 Å². The zero-order valence-corrected chi connectivity index (χ0v) is 9.27. The summed E-state index contributed by atoms with van der Waals surface area (Å²) in [4.78, 5) is -0.143. The Morgan fingerprint density at radius 1 is 1.33 bits per heavy atom. The van der Waals surface area contributed by atoms with Gasteiger partial charge in [-0.05, 0) is 6.07 Å². The van der Waals surface area contributed by atoms with E-state index >= 15 is 0 Å². The minimum Gasteiger partial charge on any atom is -0.303 e. The van der Waals surface area contributed by atoms with Crippen molar-refractivity contribution < 1.29 is 13.0 Å². The Bertz CT molecular complexity index is 466. The summed E-state index contributed by atoms with van der Waals surface area (Å²) in [5.41, 5.74) is 0.355. The Hall–Kier alpha value is -1.40. The van der Waals surface area contributed by atoms with Crippen LogP contribution in [0.5, 0.6) is 0 Å². The maximum Gasteiger partial charge on any atom is 0.295 e. The lowest BCUT2D eigenvalue weighted by atomic mass is 10.2. The van der Waals surface area contributed by atoms with Crippen LogP contribution >= 0.6 is 0 Å². The van der Waals surface area contributed by atoms with E-state index in [1.807, 2.05) is 0 Å². The van der Waals surface area contributed by atoms with Crippen molar-refractivity contribution in [2.24, 2.45) is 5.10 Å². The van der Waals surface area contributed by atoms with Gasteiger partial charge in [-0.15, -0.1) is 0 Å². The second kappa shape index (κ2) is 4.41. The molecule has 0 aliphatic rings. The van der Waals surface area contributed by atoms with E-state index in [1.54, 1.807) is 26.2 Å². The predicted octanol–water partition coefficient (Wildman–Crippen LogP) is 0.829. The summed E-state index contributed by atoms with van der Waals surface area (Å²) >= 11 is 0. The van der Waals surface area contributed by atoms with Gasteiger partial charge in [-0.25, -0.2) is 0 Å². The van der Waals surface area contributed by atoms with Crippen LogP contribution in [-0.4, -0.2) is 38.3 Å². The maximum atomic E-state index is 11.0. The number of hydrogen-bond acceptors (Lipinski definition) is 4. The Balaban J connectivity index is 3.19. The molecule has 0 spiro atoms. The minimum atomic E-state index is -4.19. The molecule has 6 heteroatoms. The molecule has 0 aromatic heterocycles. The molecule has 0 atom stereocenters. The third-order valence-corrected chi connectivity index (χ3v) is 2.55. The second-order valence-corrected chi connectivity index (χ2v) is 4.49. The SMILES string of the molecule is CN(C)/N=C/c1ccccc1S(=O)(=O)O. The summed E-state index contributed by atoms with van der Waals surface area (Å²) < 4.78 is 30.9. The van der Waals surface area contributed by atoms with Crippen LogP contribution in [0.3, 0.4) is 0 Å². The Morgan fingerprint density at radius 2 is 1.93 bits per heavy atom. The largest absolute Gasteiger partial charge is 0.303 e. The first kappa shape index (κ1) is 11.7. The topological polar surface area (TPSA) is 70.0 Å². The van der Waals surface area contributed by atoms with Crippen LogP contribution in [0, 0.1) is 0 Å². The highest BCUT2D eigenvalue weighted by atomic mass is 32.2. The average molecular weight is 228 g/mol. The lowest BCUT2D eigenvalue weighted by Gasteiger charge is -2.04. The van der Waals surface area contributed by atoms with E-state index in [4.69, 9.17) is 4.55 Å². The van der Waals surface area contributed by atoms with E-state index in [0.717, 1.165) is 0 Å². The summed E-state index contributed by atoms with van der Waals surface area (Å²) in [6.07, 6.45) is 1.38. The van der Waals surface area contributed by atoms with Gasteiger partial charge >= 0.3 is 0 Å². The van der Waals surface area contributed by atoms with Crippen LogP contribution < -0.4 is 0 Å². The van der Waals surface area contributed by atoms with Crippen molar-refractivity contribution in [3.63, 3.8) is 0 Å². The molecular formula is C9H12N2O3S. The fourth-order valence-corrected chi connectivity index (χ4v) is 1.67. The van der Waals surface area contributed by atoms with Gasteiger partial charge in [0.2, 0.25) is 0 Å². The van der Waals surface area contributed by atoms with Gasteiger partial charge in [-0.3, -0.25) is 4.55 Å². The normalized spacial score (nSPS) is 11.9. The van der Waals surface area contributed by atoms with Crippen molar-refractivity contribution in [2.75, 3.05) is 14.1 Å². The van der Waals surface area contributed by atoms with Crippen molar-refractivity contribution in [3.05, 3.63) is 29.8 Å². The molecule has 0 heterocycles. The number of hydrazone groups is 1. The molecule has 0 unspecified atom stereocenters. The van der Waals surface area contributed by atoms with Crippen molar-refractivity contribution in [1.29, 1.82) is 0 Å². The third kappa shape index (κ3) is 3.34. The monoisotopic (exact) mass is 228 g/mol. The van der Waals surface area contributed by atoms with Crippen molar-refractivity contribution in [3.8, 4) is 0 Å². The highest BCUT2D eigenvalue weighted by molar-refractivity contribution is 7.86. The number of hydrogen-bond donors (Lipinski definition) is 1. The van der Waals surface area contributed by atoms with Crippen LogP contribution in [0.1, 0.15) is 5.56 Å². The molecule has 82 valence electrons. The highest BCUT2D eigenvalue weighted by Crippen LogP contribution is 2.12.